The van der Waals surface area contributed by atoms with E-state index < -0.39 is 0 Å². The number of Topliss-reactive ketones (excluding diaryl/α,β-unsaturated/α-hetero) is 1. The minimum atomic E-state index is -0.381. The number of halogens is 1. The molecule has 5 nitrogen and oxygen atoms in total. The third-order valence-electron chi connectivity index (χ3n) is 4.09. The number of nitrogens with zero attached hydrogens (tertiary/aromatic N) is 1. The molecule has 2 aromatic rings. The summed E-state index contributed by atoms with van der Waals surface area (Å²) in [7, 11) is 4.75. The molecule has 2 aromatic carbocycles. The summed E-state index contributed by atoms with van der Waals surface area (Å²) in [6, 6.07) is 10.6. The number of benzene rings is 2. The first-order chi connectivity index (χ1) is 12.5. The molecule has 0 spiro atoms. The molecular weight excluding hydrogens is 337 g/mol. The zero-order chi connectivity index (χ0) is 19.1. The topological polar surface area (TPSA) is 55.8 Å². The number of rotatable bonds is 8. The number of anilines is 1. The van der Waals surface area contributed by atoms with Crippen LogP contribution < -0.4 is 14.4 Å². The Morgan fingerprint density at radius 1 is 0.962 bits per heavy atom. The number of hydrogen-bond acceptors (Lipinski definition) is 4. The first-order valence-electron chi connectivity index (χ1n) is 8.23. The molecule has 0 aliphatic rings. The van der Waals surface area contributed by atoms with Crippen molar-refractivity contribution >= 4 is 17.4 Å². The van der Waals surface area contributed by atoms with Crippen LogP contribution in [0.4, 0.5) is 10.1 Å². The lowest BCUT2D eigenvalue weighted by atomic mass is 10.1. The van der Waals surface area contributed by atoms with Crippen LogP contribution in [-0.4, -0.2) is 33.0 Å². The summed E-state index contributed by atoms with van der Waals surface area (Å²) >= 11 is 0. The molecule has 0 fully saturated rings. The fourth-order valence-corrected chi connectivity index (χ4v) is 2.53. The summed E-state index contributed by atoms with van der Waals surface area (Å²) in [6.07, 6.45) is 0.890. The molecule has 0 atom stereocenters. The van der Waals surface area contributed by atoms with E-state index in [0.717, 1.165) is 0 Å². The molecule has 0 saturated carbocycles. The van der Waals surface area contributed by atoms with Crippen molar-refractivity contribution in [3.63, 3.8) is 0 Å². The van der Waals surface area contributed by atoms with Crippen LogP contribution in [-0.2, 0) is 4.79 Å². The number of carbonyl (C=O) groups is 2. The van der Waals surface area contributed by atoms with E-state index in [1.807, 2.05) is 0 Å². The van der Waals surface area contributed by atoms with Gasteiger partial charge >= 0.3 is 0 Å². The van der Waals surface area contributed by atoms with Gasteiger partial charge in [-0.1, -0.05) is 0 Å². The number of ether oxygens (including phenoxy) is 2. The van der Waals surface area contributed by atoms with Gasteiger partial charge in [0, 0.05) is 37.2 Å². The van der Waals surface area contributed by atoms with Crippen LogP contribution in [0.1, 0.15) is 29.6 Å². The van der Waals surface area contributed by atoms with E-state index in [1.54, 1.807) is 32.4 Å². The van der Waals surface area contributed by atoms with Crippen LogP contribution in [0.15, 0.2) is 42.5 Å². The van der Waals surface area contributed by atoms with Gasteiger partial charge in [-0.2, -0.15) is 0 Å². The van der Waals surface area contributed by atoms with Gasteiger partial charge in [0.05, 0.1) is 14.2 Å². The van der Waals surface area contributed by atoms with Crippen molar-refractivity contribution in [3.8, 4) is 11.5 Å². The second kappa shape index (κ2) is 8.99. The van der Waals surface area contributed by atoms with E-state index in [4.69, 9.17) is 9.47 Å². The highest BCUT2D eigenvalue weighted by atomic mass is 19.1. The number of carbonyl (C=O) groups excluding carboxylic acids is 2. The summed E-state index contributed by atoms with van der Waals surface area (Å²) in [5, 5.41) is 0. The summed E-state index contributed by atoms with van der Waals surface area (Å²) in [4.78, 5) is 25.9. The smallest absolute Gasteiger partial charge is 0.226 e. The van der Waals surface area contributed by atoms with Crippen LogP contribution in [0, 0.1) is 5.82 Å². The predicted octanol–water partition coefficient (Wildman–Crippen LogP) is 3.86. The Morgan fingerprint density at radius 3 is 2.23 bits per heavy atom. The van der Waals surface area contributed by atoms with Crippen LogP contribution in [0.3, 0.4) is 0 Å². The van der Waals surface area contributed by atoms with Crippen molar-refractivity contribution in [2.75, 3.05) is 26.2 Å². The Bertz CT molecular complexity index is 774. The van der Waals surface area contributed by atoms with Crippen LogP contribution in [0.2, 0.25) is 0 Å². The lowest BCUT2D eigenvalue weighted by molar-refractivity contribution is -0.118. The maximum absolute atomic E-state index is 12.9. The Morgan fingerprint density at radius 2 is 1.62 bits per heavy atom. The Labute approximate surface area is 152 Å². The highest BCUT2D eigenvalue weighted by Gasteiger charge is 2.14. The first kappa shape index (κ1) is 19.4. The second-order valence-corrected chi connectivity index (χ2v) is 5.78. The summed E-state index contributed by atoms with van der Waals surface area (Å²) in [5.74, 6) is 0.530. The molecule has 0 bridgehead atoms. The average Bonchev–Trinajstić information content (AvgIpc) is 2.67. The number of hydrogen-bond donors (Lipinski definition) is 0. The fraction of sp³-hybridized carbons (Fsp3) is 0.300. The largest absolute Gasteiger partial charge is 0.493 e. The molecule has 0 heterocycles. The van der Waals surface area contributed by atoms with E-state index in [1.165, 1.54) is 36.3 Å². The van der Waals surface area contributed by atoms with Crippen LogP contribution in [0.5, 0.6) is 11.5 Å². The fourth-order valence-electron chi connectivity index (χ4n) is 2.53. The standard InChI is InChI=1S/C20H22FNO4/c1-22(16-11-12-18(25-2)19(13-16)26-3)20(24)6-4-5-17(23)14-7-9-15(21)10-8-14/h7-13H,4-6H2,1-3H3. The van der Waals surface area contributed by atoms with Crippen molar-refractivity contribution in [2.24, 2.45) is 0 Å². The quantitative estimate of drug-likeness (QED) is 0.672. The molecule has 0 unspecified atom stereocenters. The van der Waals surface area contributed by atoms with Gasteiger partial charge in [0.1, 0.15) is 5.82 Å². The zero-order valence-electron chi connectivity index (χ0n) is 15.1. The highest BCUT2D eigenvalue weighted by Crippen LogP contribution is 2.31. The number of amides is 1. The SMILES string of the molecule is COc1ccc(N(C)C(=O)CCCC(=O)c2ccc(F)cc2)cc1OC. The molecular formula is C20H22FNO4. The van der Waals surface area contributed by atoms with Gasteiger partial charge in [-0.15, -0.1) is 0 Å². The van der Waals surface area contributed by atoms with E-state index in [9.17, 15) is 14.0 Å². The third-order valence-corrected chi connectivity index (χ3v) is 4.09. The minimum absolute atomic E-state index is 0.105. The maximum atomic E-state index is 12.9. The molecule has 2 rings (SSSR count). The monoisotopic (exact) mass is 359 g/mol. The van der Waals surface area contributed by atoms with Gasteiger partial charge in [0.2, 0.25) is 5.91 Å². The number of ketones is 1. The van der Waals surface area contributed by atoms with E-state index in [2.05, 4.69) is 0 Å². The van der Waals surface area contributed by atoms with Crippen molar-refractivity contribution in [2.45, 2.75) is 19.3 Å². The summed E-state index contributed by atoms with van der Waals surface area (Å²) < 4.78 is 23.3. The van der Waals surface area contributed by atoms with Gasteiger partial charge in [0.25, 0.3) is 0 Å². The molecule has 0 aromatic heterocycles. The molecule has 26 heavy (non-hydrogen) atoms. The third kappa shape index (κ3) is 4.81. The van der Waals surface area contributed by atoms with Gasteiger partial charge in [0.15, 0.2) is 17.3 Å². The lowest BCUT2D eigenvalue weighted by Crippen LogP contribution is -2.26. The molecule has 0 radical (unpaired) electrons. The van der Waals surface area contributed by atoms with Gasteiger partial charge in [-0.05, 0) is 42.8 Å². The number of methoxy groups -OCH3 is 2. The lowest BCUT2D eigenvalue weighted by Gasteiger charge is -2.19. The van der Waals surface area contributed by atoms with Crippen molar-refractivity contribution in [3.05, 3.63) is 53.8 Å². The van der Waals surface area contributed by atoms with Crippen LogP contribution in [0.25, 0.3) is 0 Å². The molecule has 1 amide bonds. The Hall–Kier alpha value is -2.89. The van der Waals surface area contributed by atoms with Crippen LogP contribution >= 0.6 is 0 Å². The minimum Gasteiger partial charge on any atom is -0.493 e. The maximum Gasteiger partial charge on any atom is 0.226 e. The normalized spacial score (nSPS) is 10.3. The van der Waals surface area contributed by atoms with E-state index >= 15 is 0 Å². The highest BCUT2D eigenvalue weighted by molar-refractivity contribution is 5.97. The van der Waals surface area contributed by atoms with Crippen molar-refractivity contribution in [1.29, 1.82) is 0 Å². The van der Waals surface area contributed by atoms with Crippen molar-refractivity contribution in [1.82, 2.24) is 0 Å². The zero-order valence-corrected chi connectivity index (χ0v) is 15.1. The van der Waals surface area contributed by atoms with Gasteiger partial charge in [-0.3, -0.25) is 9.59 Å². The first-order valence-corrected chi connectivity index (χ1v) is 8.23. The molecule has 0 aliphatic heterocycles. The average molecular weight is 359 g/mol. The molecule has 138 valence electrons. The van der Waals surface area contributed by atoms with Gasteiger partial charge < -0.3 is 14.4 Å². The Kier molecular flexibility index (Phi) is 6.72. The molecule has 6 heteroatoms. The van der Waals surface area contributed by atoms with E-state index in [-0.39, 0.29) is 30.3 Å². The predicted molar refractivity (Wildman–Crippen MR) is 97.5 cm³/mol. The van der Waals surface area contributed by atoms with Crippen molar-refractivity contribution < 1.29 is 23.5 Å². The summed E-state index contributed by atoms with van der Waals surface area (Å²) in [5.41, 5.74) is 1.13. The van der Waals surface area contributed by atoms with E-state index in [0.29, 0.717) is 29.2 Å². The second-order valence-electron chi connectivity index (χ2n) is 5.78. The van der Waals surface area contributed by atoms with Gasteiger partial charge in [-0.25, -0.2) is 4.39 Å². The Balaban J connectivity index is 1.91. The summed E-state index contributed by atoms with van der Waals surface area (Å²) in [6.45, 7) is 0. The molecule has 0 aliphatic carbocycles. The molecule has 0 N–H and O–H groups in total. The molecule has 0 saturated heterocycles.